The highest BCUT2D eigenvalue weighted by Gasteiger charge is 2.43. The molecule has 48 heavy (non-hydrogen) atoms. The van der Waals surface area contributed by atoms with Crippen molar-refractivity contribution >= 4 is 16.9 Å². The lowest BCUT2D eigenvalue weighted by Crippen LogP contribution is -2.46. The Bertz CT molecular complexity index is 1750. The van der Waals surface area contributed by atoms with Gasteiger partial charge >= 0.3 is 12.4 Å². The summed E-state index contributed by atoms with van der Waals surface area (Å²) in [5.74, 6) is -1.63. The number of hydrogen-bond acceptors (Lipinski definition) is 6. The molecule has 0 spiro atoms. The molecule has 0 bridgehead atoms. The van der Waals surface area contributed by atoms with Crippen LogP contribution in [-0.4, -0.2) is 69.2 Å². The number of benzene rings is 2. The quantitative estimate of drug-likeness (QED) is 0.198. The smallest absolute Gasteiger partial charge is 0.416 e. The highest BCUT2D eigenvalue weighted by Crippen LogP contribution is 2.38. The molecule has 4 aromatic rings. The maximum absolute atomic E-state index is 14.4. The van der Waals surface area contributed by atoms with E-state index in [1.54, 1.807) is 6.07 Å². The van der Waals surface area contributed by atoms with Crippen LogP contribution < -0.4 is 5.32 Å². The summed E-state index contributed by atoms with van der Waals surface area (Å²) >= 11 is 0. The van der Waals surface area contributed by atoms with Crippen molar-refractivity contribution in [3.8, 4) is 17.1 Å². The number of fused-ring (bicyclic) bond motifs is 1. The lowest BCUT2D eigenvalue weighted by molar-refractivity contribution is -0.155. The predicted molar refractivity (Wildman–Crippen MR) is 168 cm³/mol. The molecule has 2 aromatic carbocycles. The number of nitrogens with one attached hydrogen (secondary N) is 1. The van der Waals surface area contributed by atoms with Gasteiger partial charge in [0.15, 0.2) is 6.04 Å². The number of rotatable bonds is 7. The minimum atomic E-state index is -4.88. The Kier molecular flexibility index (Phi) is 9.62. The Hall–Kier alpha value is -4.23. The predicted octanol–water partition coefficient (Wildman–Crippen LogP) is 7.50. The Morgan fingerprint density at radius 2 is 1.58 bits per heavy atom. The molecule has 0 unspecified atom stereocenters. The first-order valence-electron chi connectivity index (χ1n) is 16.0. The highest BCUT2D eigenvalue weighted by atomic mass is 19.4. The second-order valence-corrected chi connectivity index (χ2v) is 12.4. The standard InChI is InChI=1S/C35H35F6N5O2/c36-34(37,38)24-11-7-10-23(20-24)30-26(21-45-18-14-25(15-19-45)46-16-5-2-6-17-46)29(31-27(42-30)12-13-28(47)43-31)33(48)44-32(35(39,40)41)22-8-3-1-4-9-22/h1,3-4,7-13,20,25,32H,2,5-6,14-19,21H2,(H,43,47)(H,44,48)/t32-/m1/s1. The number of hydrogen-bond donors (Lipinski definition) is 2. The number of nitrogens with zero attached hydrogens (tertiary/aromatic N) is 4. The van der Waals surface area contributed by atoms with Gasteiger partial charge in [-0.3, -0.25) is 9.69 Å². The number of pyridine rings is 2. The fourth-order valence-electron chi connectivity index (χ4n) is 6.80. The molecule has 2 aliphatic heterocycles. The Balaban J connectivity index is 1.46. The molecule has 2 fully saturated rings. The van der Waals surface area contributed by atoms with Crippen LogP contribution in [0.2, 0.25) is 0 Å². The van der Waals surface area contributed by atoms with Crippen molar-refractivity contribution in [3.05, 3.63) is 89.0 Å². The maximum Gasteiger partial charge on any atom is 0.416 e. The summed E-state index contributed by atoms with van der Waals surface area (Å²) in [5.41, 5.74) is -1.36. The van der Waals surface area contributed by atoms with Crippen molar-refractivity contribution in [3.63, 3.8) is 0 Å². The lowest BCUT2D eigenvalue weighted by Gasteiger charge is -2.40. The van der Waals surface area contributed by atoms with E-state index in [4.69, 9.17) is 0 Å². The maximum atomic E-state index is 14.4. The number of alkyl halides is 6. The first-order valence-corrected chi connectivity index (χ1v) is 16.0. The minimum absolute atomic E-state index is 0.0172. The third kappa shape index (κ3) is 7.41. The van der Waals surface area contributed by atoms with Crippen LogP contribution in [0.25, 0.3) is 22.3 Å². The number of aromatic hydroxyl groups is 1. The molecule has 0 radical (unpaired) electrons. The zero-order valence-corrected chi connectivity index (χ0v) is 26.0. The van der Waals surface area contributed by atoms with Gasteiger partial charge in [-0.1, -0.05) is 48.9 Å². The van der Waals surface area contributed by atoms with Crippen LogP contribution in [0.15, 0.2) is 66.7 Å². The second-order valence-electron chi connectivity index (χ2n) is 12.4. The van der Waals surface area contributed by atoms with Crippen LogP contribution in [-0.2, 0) is 12.7 Å². The number of piperidine rings is 2. The number of carbonyl (C=O) groups excluding carboxylic acids is 1. The van der Waals surface area contributed by atoms with Crippen LogP contribution >= 0.6 is 0 Å². The average Bonchev–Trinajstić information content (AvgIpc) is 3.07. The van der Waals surface area contributed by atoms with E-state index in [1.807, 2.05) is 4.90 Å². The summed E-state index contributed by atoms with van der Waals surface area (Å²) in [6.45, 7) is 3.28. The van der Waals surface area contributed by atoms with Gasteiger partial charge in [0, 0.05) is 29.8 Å². The Morgan fingerprint density at radius 1 is 0.875 bits per heavy atom. The van der Waals surface area contributed by atoms with Crippen molar-refractivity contribution in [2.45, 2.75) is 63.1 Å². The van der Waals surface area contributed by atoms with Crippen molar-refractivity contribution in [2.24, 2.45) is 0 Å². The summed E-state index contributed by atoms with van der Waals surface area (Å²) in [6.07, 6.45) is -4.42. The van der Waals surface area contributed by atoms with Crippen molar-refractivity contribution in [2.75, 3.05) is 26.2 Å². The van der Waals surface area contributed by atoms with E-state index in [2.05, 4.69) is 20.2 Å². The third-order valence-electron chi connectivity index (χ3n) is 9.19. The number of halogens is 6. The molecule has 2 saturated heterocycles. The van der Waals surface area contributed by atoms with Gasteiger partial charge in [0.25, 0.3) is 5.91 Å². The van der Waals surface area contributed by atoms with Crippen LogP contribution in [0.4, 0.5) is 26.3 Å². The molecule has 2 N–H and O–H groups in total. The van der Waals surface area contributed by atoms with E-state index in [-0.39, 0.29) is 45.5 Å². The van der Waals surface area contributed by atoms with Crippen LogP contribution in [0.1, 0.15) is 65.2 Å². The molecule has 7 nitrogen and oxygen atoms in total. The molecule has 2 aliphatic rings. The molecule has 1 atom stereocenters. The Labute approximate surface area is 273 Å². The number of likely N-dealkylation sites (tertiary alicyclic amines) is 2. The molecule has 4 heterocycles. The number of aromatic nitrogens is 2. The molecule has 254 valence electrons. The van der Waals surface area contributed by atoms with Crippen LogP contribution in [0.5, 0.6) is 5.88 Å². The summed E-state index contributed by atoms with van der Waals surface area (Å²) in [5, 5.41) is 12.4. The lowest BCUT2D eigenvalue weighted by atomic mass is 9.94. The molecular weight excluding hydrogens is 636 g/mol. The van der Waals surface area contributed by atoms with Crippen LogP contribution in [0.3, 0.4) is 0 Å². The Morgan fingerprint density at radius 3 is 2.25 bits per heavy atom. The van der Waals surface area contributed by atoms with Gasteiger partial charge in [0.05, 0.1) is 22.3 Å². The molecule has 2 aromatic heterocycles. The van der Waals surface area contributed by atoms with Gasteiger partial charge in [0.1, 0.15) is 5.52 Å². The largest absolute Gasteiger partial charge is 0.493 e. The van der Waals surface area contributed by atoms with Gasteiger partial charge in [-0.15, -0.1) is 0 Å². The minimum Gasteiger partial charge on any atom is -0.493 e. The van der Waals surface area contributed by atoms with Crippen LogP contribution in [0, 0.1) is 0 Å². The SMILES string of the molecule is O=C(N[C@H](c1ccccc1)C(F)(F)F)c1c(CN2CCC(N3CCCCC3)CC2)c(-c2cccc(C(F)(F)F)c2)nc2ccc(O)nc12. The fraction of sp³-hybridized carbons (Fsp3) is 0.400. The van der Waals surface area contributed by atoms with E-state index < -0.39 is 35.7 Å². The molecule has 0 aliphatic carbocycles. The number of carbonyl (C=O) groups is 1. The fourth-order valence-corrected chi connectivity index (χ4v) is 6.80. The second kappa shape index (κ2) is 13.7. The zero-order valence-electron chi connectivity index (χ0n) is 26.0. The molecule has 0 saturated carbocycles. The normalized spacial score (nSPS) is 17.8. The van der Waals surface area contributed by atoms with Crippen molar-refractivity contribution in [1.29, 1.82) is 0 Å². The molecule has 13 heteroatoms. The molecular formula is C35H35F6N5O2. The highest BCUT2D eigenvalue weighted by molar-refractivity contribution is 6.08. The van der Waals surface area contributed by atoms with Gasteiger partial charge in [-0.05, 0) is 75.6 Å². The van der Waals surface area contributed by atoms with E-state index in [9.17, 15) is 36.2 Å². The first kappa shape index (κ1) is 33.7. The van der Waals surface area contributed by atoms with E-state index in [0.717, 1.165) is 50.9 Å². The third-order valence-corrected chi connectivity index (χ3v) is 9.19. The summed E-state index contributed by atoms with van der Waals surface area (Å²) in [7, 11) is 0. The zero-order chi connectivity index (χ0) is 34.1. The summed E-state index contributed by atoms with van der Waals surface area (Å²) < 4.78 is 84.7. The van der Waals surface area contributed by atoms with E-state index in [1.165, 1.54) is 55.0 Å². The molecule has 6 rings (SSSR count). The van der Waals surface area contributed by atoms with Gasteiger partial charge in [-0.2, -0.15) is 26.3 Å². The molecule has 1 amide bonds. The van der Waals surface area contributed by atoms with E-state index >= 15 is 0 Å². The topological polar surface area (TPSA) is 81.6 Å². The van der Waals surface area contributed by atoms with Gasteiger partial charge in [-0.25, -0.2) is 9.97 Å². The average molecular weight is 672 g/mol. The van der Waals surface area contributed by atoms with E-state index in [0.29, 0.717) is 19.1 Å². The monoisotopic (exact) mass is 671 g/mol. The number of amides is 1. The first-order chi connectivity index (χ1) is 22.9. The van der Waals surface area contributed by atoms with Gasteiger partial charge in [0.2, 0.25) is 5.88 Å². The van der Waals surface area contributed by atoms with Gasteiger partial charge < -0.3 is 15.3 Å². The summed E-state index contributed by atoms with van der Waals surface area (Å²) in [4.78, 5) is 27.4. The van der Waals surface area contributed by atoms with Crippen molar-refractivity contribution < 1.29 is 36.2 Å². The summed E-state index contributed by atoms with van der Waals surface area (Å²) in [6, 6.07) is 11.9. The van der Waals surface area contributed by atoms with Crippen molar-refractivity contribution in [1.82, 2.24) is 25.1 Å².